The summed E-state index contributed by atoms with van der Waals surface area (Å²) in [6.07, 6.45) is 3.61. The summed E-state index contributed by atoms with van der Waals surface area (Å²) in [5.74, 6) is 1.96. The zero-order chi connectivity index (χ0) is 23.6. The van der Waals surface area contributed by atoms with Gasteiger partial charge in [-0.15, -0.1) is 0 Å². The number of rotatable bonds is 7. The third kappa shape index (κ3) is 5.21. The van der Waals surface area contributed by atoms with E-state index in [1.807, 2.05) is 30.5 Å². The number of methoxy groups -OCH3 is 1. The van der Waals surface area contributed by atoms with Gasteiger partial charge < -0.3 is 24.8 Å². The number of nitrogens with one attached hydrogen (secondary N) is 2. The van der Waals surface area contributed by atoms with Gasteiger partial charge in [-0.3, -0.25) is 0 Å². The molecule has 1 aliphatic heterocycles. The third-order valence-corrected chi connectivity index (χ3v) is 7.50. The minimum Gasteiger partial charge on any atom is -0.495 e. The standard InChI is InChI=1S/C25H32N5O2P/c1-6-17-15-26-25(29-24(17)27-20-9-7-8-10-23(20)33(4,5)31)28-21-13-19-16-30(2)12-11-18(19)14-22(21)32-3/h7-10,13-15H,6,11-12,16H2,1-5H3,(H2,26,27,28,29). The Balaban J connectivity index is 1.67. The molecule has 0 amide bonds. The molecule has 0 spiro atoms. The summed E-state index contributed by atoms with van der Waals surface area (Å²) in [5.41, 5.74) is 5.23. The number of hydrogen-bond acceptors (Lipinski definition) is 7. The molecule has 2 heterocycles. The maximum absolute atomic E-state index is 12.8. The number of likely N-dealkylation sites (N-methyl/N-ethyl adjacent to an activating group) is 1. The molecule has 0 saturated carbocycles. The maximum atomic E-state index is 12.8. The highest BCUT2D eigenvalue weighted by Crippen LogP contribution is 2.38. The van der Waals surface area contributed by atoms with Crippen LogP contribution in [-0.2, 0) is 24.0 Å². The second-order valence-electron chi connectivity index (χ2n) is 8.85. The lowest BCUT2D eigenvalue weighted by molar-refractivity contribution is 0.312. The highest BCUT2D eigenvalue weighted by atomic mass is 31.2. The van der Waals surface area contributed by atoms with Crippen molar-refractivity contribution in [2.24, 2.45) is 0 Å². The summed E-state index contributed by atoms with van der Waals surface area (Å²) in [6.45, 7) is 7.57. The van der Waals surface area contributed by atoms with Gasteiger partial charge in [0.15, 0.2) is 0 Å². The summed E-state index contributed by atoms with van der Waals surface area (Å²) < 4.78 is 18.5. The summed E-state index contributed by atoms with van der Waals surface area (Å²) in [4.78, 5) is 11.6. The van der Waals surface area contributed by atoms with Crippen molar-refractivity contribution in [3.05, 3.63) is 59.3 Å². The van der Waals surface area contributed by atoms with Gasteiger partial charge in [-0.1, -0.05) is 19.1 Å². The van der Waals surface area contributed by atoms with E-state index in [0.29, 0.717) is 11.8 Å². The molecule has 0 unspecified atom stereocenters. The highest BCUT2D eigenvalue weighted by Gasteiger charge is 2.19. The lowest BCUT2D eigenvalue weighted by Crippen LogP contribution is -2.26. The first-order valence-electron chi connectivity index (χ1n) is 11.2. The number of hydrogen-bond donors (Lipinski definition) is 2. The van der Waals surface area contributed by atoms with Gasteiger partial charge in [0.1, 0.15) is 18.7 Å². The molecule has 33 heavy (non-hydrogen) atoms. The molecule has 0 atom stereocenters. The number of nitrogens with zero attached hydrogens (tertiary/aromatic N) is 3. The van der Waals surface area contributed by atoms with E-state index in [-0.39, 0.29) is 0 Å². The van der Waals surface area contributed by atoms with E-state index in [1.165, 1.54) is 11.1 Å². The molecule has 174 valence electrons. The predicted molar refractivity (Wildman–Crippen MR) is 137 cm³/mol. The first-order chi connectivity index (χ1) is 15.8. The van der Waals surface area contributed by atoms with Crippen LogP contribution in [0, 0.1) is 0 Å². The van der Waals surface area contributed by atoms with E-state index in [9.17, 15) is 4.57 Å². The summed E-state index contributed by atoms with van der Waals surface area (Å²) in [7, 11) is 1.36. The van der Waals surface area contributed by atoms with Gasteiger partial charge in [0.25, 0.3) is 0 Å². The van der Waals surface area contributed by atoms with Crippen molar-refractivity contribution in [3.63, 3.8) is 0 Å². The zero-order valence-electron chi connectivity index (χ0n) is 20.0. The Bertz CT molecular complexity index is 1210. The second kappa shape index (κ2) is 9.54. The normalized spacial score (nSPS) is 14.0. The average molecular weight is 466 g/mol. The number of anilines is 4. The van der Waals surface area contributed by atoms with Crippen molar-refractivity contribution in [1.29, 1.82) is 0 Å². The molecule has 1 aliphatic rings. The number of para-hydroxylation sites is 1. The van der Waals surface area contributed by atoms with E-state index in [2.05, 4.69) is 46.6 Å². The molecule has 0 bridgehead atoms. The predicted octanol–water partition coefficient (Wildman–Crippen LogP) is 4.77. The van der Waals surface area contributed by atoms with Gasteiger partial charge in [0.05, 0.1) is 18.5 Å². The third-order valence-electron chi connectivity index (χ3n) is 5.95. The van der Waals surface area contributed by atoms with Crippen LogP contribution in [0.5, 0.6) is 5.75 Å². The smallest absolute Gasteiger partial charge is 0.229 e. The highest BCUT2D eigenvalue weighted by molar-refractivity contribution is 7.70. The van der Waals surface area contributed by atoms with Crippen LogP contribution in [0.4, 0.5) is 23.1 Å². The Morgan fingerprint density at radius 1 is 1.12 bits per heavy atom. The minimum atomic E-state index is -2.45. The molecule has 0 saturated heterocycles. The fraction of sp³-hybridized carbons (Fsp3) is 0.360. The van der Waals surface area contributed by atoms with Crippen LogP contribution in [-0.4, -0.2) is 48.9 Å². The first kappa shape index (κ1) is 23.3. The molecule has 2 aromatic carbocycles. The van der Waals surface area contributed by atoms with E-state index in [1.54, 1.807) is 20.4 Å². The van der Waals surface area contributed by atoms with Crippen molar-refractivity contribution in [3.8, 4) is 5.75 Å². The number of aryl methyl sites for hydroxylation is 1. The van der Waals surface area contributed by atoms with E-state index in [0.717, 1.165) is 53.9 Å². The van der Waals surface area contributed by atoms with Crippen LogP contribution in [0.15, 0.2) is 42.6 Å². The van der Waals surface area contributed by atoms with Gasteiger partial charge in [-0.25, -0.2) is 4.98 Å². The van der Waals surface area contributed by atoms with Crippen molar-refractivity contribution < 1.29 is 9.30 Å². The van der Waals surface area contributed by atoms with Crippen LogP contribution in [0.3, 0.4) is 0 Å². The molecular formula is C25H32N5O2P. The fourth-order valence-electron chi connectivity index (χ4n) is 4.13. The SMILES string of the molecule is CCc1cnc(Nc2cc3c(cc2OC)CCN(C)C3)nc1Nc1ccccc1P(C)(C)=O. The first-order valence-corrected chi connectivity index (χ1v) is 13.8. The molecule has 1 aromatic heterocycles. The monoisotopic (exact) mass is 465 g/mol. The van der Waals surface area contributed by atoms with Gasteiger partial charge in [0, 0.05) is 30.2 Å². The van der Waals surface area contributed by atoms with Gasteiger partial charge in [-0.05, 0) is 68.6 Å². The van der Waals surface area contributed by atoms with Crippen LogP contribution in [0.25, 0.3) is 0 Å². The maximum Gasteiger partial charge on any atom is 0.229 e. The molecule has 3 aromatic rings. The molecular weight excluding hydrogens is 433 g/mol. The van der Waals surface area contributed by atoms with E-state index in [4.69, 9.17) is 9.72 Å². The Morgan fingerprint density at radius 3 is 2.64 bits per heavy atom. The number of aromatic nitrogens is 2. The molecule has 0 fully saturated rings. The van der Waals surface area contributed by atoms with Crippen molar-refractivity contribution in [2.45, 2.75) is 26.3 Å². The largest absolute Gasteiger partial charge is 0.495 e. The Morgan fingerprint density at radius 2 is 1.91 bits per heavy atom. The van der Waals surface area contributed by atoms with Crippen molar-refractivity contribution in [2.75, 3.05) is 44.7 Å². The van der Waals surface area contributed by atoms with Gasteiger partial charge >= 0.3 is 0 Å². The lowest BCUT2D eigenvalue weighted by Gasteiger charge is -2.26. The van der Waals surface area contributed by atoms with Crippen LogP contribution in [0.1, 0.15) is 23.6 Å². The Kier molecular flexibility index (Phi) is 6.73. The molecule has 0 aliphatic carbocycles. The number of fused-ring (bicyclic) bond motifs is 1. The molecule has 7 nitrogen and oxygen atoms in total. The van der Waals surface area contributed by atoms with Gasteiger partial charge in [-0.2, -0.15) is 4.98 Å². The molecule has 2 N–H and O–H groups in total. The van der Waals surface area contributed by atoms with E-state index >= 15 is 0 Å². The molecule has 0 radical (unpaired) electrons. The van der Waals surface area contributed by atoms with Crippen molar-refractivity contribution in [1.82, 2.24) is 14.9 Å². The quantitative estimate of drug-likeness (QED) is 0.487. The number of benzene rings is 2. The average Bonchev–Trinajstić information content (AvgIpc) is 2.78. The second-order valence-corrected chi connectivity index (χ2v) is 12.0. The fourth-order valence-corrected chi connectivity index (χ4v) is 5.28. The Hall–Kier alpha value is -2.89. The lowest BCUT2D eigenvalue weighted by atomic mass is 9.99. The zero-order valence-corrected chi connectivity index (χ0v) is 20.9. The molecule has 8 heteroatoms. The van der Waals surface area contributed by atoms with Crippen LogP contribution >= 0.6 is 7.14 Å². The minimum absolute atomic E-state index is 0.478. The van der Waals surface area contributed by atoms with E-state index < -0.39 is 7.14 Å². The van der Waals surface area contributed by atoms with Gasteiger partial charge in [0.2, 0.25) is 5.95 Å². The van der Waals surface area contributed by atoms with Crippen LogP contribution in [0.2, 0.25) is 0 Å². The topological polar surface area (TPSA) is 79.4 Å². The summed E-state index contributed by atoms with van der Waals surface area (Å²) in [6, 6.07) is 11.9. The summed E-state index contributed by atoms with van der Waals surface area (Å²) >= 11 is 0. The Labute approximate surface area is 196 Å². The summed E-state index contributed by atoms with van der Waals surface area (Å²) in [5, 5.41) is 7.56. The number of ether oxygens (including phenoxy) is 1. The molecule has 4 rings (SSSR count). The van der Waals surface area contributed by atoms with Crippen molar-refractivity contribution >= 4 is 35.6 Å². The van der Waals surface area contributed by atoms with Crippen LogP contribution < -0.4 is 20.7 Å².